The number of methoxy groups -OCH3 is 1. The van der Waals surface area contributed by atoms with Crippen molar-refractivity contribution in [3.05, 3.63) is 29.3 Å². The summed E-state index contributed by atoms with van der Waals surface area (Å²) in [6, 6.07) is 5.01. The zero-order chi connectivity index (χ0) is 15.3. The molecule has 20 heavy (non-hydrogen) atoms. The zero-order valence-electron chi connectivity index (χ0n) is 12.3. The molecule has 0 heterocycles. The predicted molar refractivity (Wildman–Crippen MR) is 79.9 cm³/mol. The molecular weight excluding hydrogens is 278 g/mol. The second kappa shape index (κ2) is 6.74. The van der Waals surface area contributed by atoms with Crippen LogP contribution >= 0.6 is 0 Å². The molecule has 0 spiro atoms. The van der Waals surface area contributed by atoms with Gasteiger partial charge in [-0.3, -0.25) is 0 Å². The van der Waals surface area contributed by atoms with Crippen molar-refractivity contribution in [1.82, 2.24) is 0 Å². The molecule has 0 amide bonds. The number of esters is 1. The van der Waals surface area contributed by atoms with Crippen molar-refractivity contribution in [2.45, 2.75) is 26.8 Å². The van der Waals surface area contributed by atoms with Gasteiger partial charge in [0.1, 0.15) is 0 Å². The number of hydrogen-bond acceptors (Lipinski definition) is 5. The van der Waals surface area contributed by atoms with Gasteiger partial charge in [-0.25, -0.2) is 13.2 Å². The van der Waals surface area contributed by atoms with Crippen LogP contribution in [0.15, 0.2) is 18.2 Å². The molecule has 0 bridgehead atoms. The third-order valence-corrected chi connectivity index (χ3v) is 4.97. The summed E-state index contributed by atoms with van der Waals surface area (Å²) in [4.78, 5) is 11.6. The van der Waals surface area contributed by atoms with Crippen LogP contribution in [0.2, 0.25) is 0 Å². The summed E-state index contributed by atoms with van der Waals surface area (Å²) in [5.41, 5.74) is 1.97. The maximum atomic E-state index is 11.6. The molecule has 0 aliphatic heterocycles. The van der Waals surface area contributed by atoms with Gasteiger partial charge < -0.3 is 10.1 Å². The molecule has 1 aromatic rings. The molecule has 1 N–H and O–H groups in total. The number of rotatable bonds is 6. The first-order chi connectivity index (χ1) is 9.30. The van der Waals surface area contributed by atoms with E-state index in [0.717, 1.165) is 11.3 Å². The van der Waals surface area contributed by atoms with Gasteiger partial charge in [-0.2, -0.15) is 0 Å². The minimum Gasteiger partial charge on any atom is -0.465 e. The van der Waals surface area contributed by atoms with E-state index in [0.29, 0.717) is 5.56 Å². The van der Waals surface area contributed by atoms with Crippen molar-refractivity contribution >= 4 is 21.5 Å². The van der Waals surface area contributed by atoms with Gasteiger partial charge in [0.2, 0.25) is 0 Å². The third-order valence-electron chi connectivity index (χ3n) is 3.08. The fourth-order valence-corrected chi connectivity index (χ4v) is 3.01. The lowest BCUT2D eigenvalue weighted by molar-refractivity contribution is 0.0600. The highest BCUT2D eigenvalue weighted by Gasteiger charge is 2.16. The second-order valence-corrected chi connectivity index (χ2v) is 7.11. The quantitative estimate of drug-likeness (QED) is 0.814. The molecule has 0 aliphatic rings. The topological polar surface area (TPSA) is 72.5 Å². The van der Waals surface area contributed by atoms with E-state index in [2.05, 4.69) is 5.32 Å². The standard InChI is InChI=1S/C14H21NO4S/c1-5-20(17,18)9-10(2)15-13-8-6-7-12(11(13)3)14(16)19-4/h6-8,10,15H,5,9H2,1-4H3. The maximum absolute atomic E-state index is 11.6. The van der Waals surface area contributed by atoms with E-state index in [1.54, 1.807) is 32.9 Å². The SMILES string of the molecule is CCS(=O)(=O)CC(C)Nc1cccc(C(=O)OC)c1C. The van der Waals surface area contributed by atoms with Crippen molar-refractivity contribution in [3.63, 3.8) is 0 Å². The van der Waals surface area contributed by atoms with E-state index in [-0.39, 0.29) is 17.5 Å². The number of hydrogen-bond donors (Lipinski definition) is 1. The summed E-state index contributed by atoms with van der Waals surface area (Å²) in [6.07, 6.45) is 0. The summed E-state index contributed by atoms with van der Waals surface area (Å²) in [6.45, 7) is 5.23. The van der Waals surface area contributed by atoms with E-state index in [1.807, 2.05) is 6.07 Å². The van der Waals surface area contributed by atoms with E-state index >= 15 is 0 Å². The molecule has 1 rings (SSSR count). The van der Waals surface area contributed by atoms with Crippen LogP contribution in [0.25, 0.3) is 0 Å². The van der Waals surface area contributed by atoms with Crippen molar-refractivity contribution in [2.75, 3.05) is 23.9 Å². The Morgan fingerprint density at radius 3 is 2.60 bits per heavy atom. The molecule has 0 aliphatic carbocycles. The number of carbonyl (C=O) groups excluding carboxylic acids is 1. The molecule has 1 unspecified atom stereocenters. The molecule has 0 radical (unpaired) electrons. The van der Waals surface area contributed by atoms with Crippen molar-refractivity contribution in [2.24, 2.45) is 0 Å². The van der Waals surface area contributed by atoms with Gasteiger partial charge in [0, 0.05) is 17.5 Å². The molecular formula is C14H21NO4S. The fraction of sp³-hybridized carbons (Fsp3) is 0.500. The minimum absolute atomic E-state index is 0.0609. The Hall–Kier alpha value is -1.56. The Morgan fingerprint density at radius 2 is 2.05 bits per heavy atom. The Morgan fingerprint density at radius 1 is 1.40 bits per heavy atom. The van der Waals surface area contributed by atoms with Crippen molar-refractivity contribution in [3.8, 4) is 0 Å². The van der Waals surface area contributed by atoms with Gasteiger partial charge in [0.25, 0.3) is 0 Å². The summed E-state index contributed by atoms with van der Waals surface area (Å²) in [5, 5.41) is 3.13. The van der Waals surface area contributed by atoms with Crippen LogP contribution in [0.5, 0.6) is 0 Å². The van der Waals surface area contributed by atoms with Crippen LogP contribution in [-0.2, 0) is 14.6 Å². The summed E-state index contributed by atoms with van der Waals surface area (Å²) >= 11 is 0. The maximum Gasteiger partial charge on any atom is 0.338 e. The van der Waals surface area contributed by atoms with E-state index < -0.39 is 15.8 Å². The predicted octanol–water partition coefficient (Wildman–Crippen LogP) is 2.02. The molecule has 6 heteroatoms. The molecule has 5 nitrogen and oxygen atoms in total. The van der Waals surface area contributed by atoms with Crippen LogP contribution in [0, 0.1) is 6.92 Å². The summed E-state index contributed by atoms with van der Waals surface area (Å²) < 4.78 is 27.9. The highest BCUT2D eigenvalue weighted by atomic mass is 32.2. The van der Waals surface area contributed by atoms with Gasteiger partial charge in [-0.1, -0.05) is 13.0 Å². The van der Waals surface area contributed by atoms with E-state index in [1.165, 1.54) is 7.11 Å². The number of nitrogens with one attached hydrogen (secondary N) is 1. The Kier molecular flexibility index (Phi) is 5.56. The van der Waals surface area contributed by atoms with Crippen molar-refractivity contribution < 1.29 is 17.9 Å². The van der Waals surface area contributed by atoms with Gasteiger partial charge in [-0.15, -0.1) is 0 Å². The number of sulfone groups is 1. The fourth-order valence-electron chi connectivity index (χ4n) is 1.93. The largest absolute Gasteiger partial charge is 0.465 e. The van der Waals surface area contributed by atoms with Gasteiger partial charge in [0.15, 0.2) is 9.84 Å². The van der Waals surface area contributed by atoms with Gasteiger partial charge >= 0.3 is 5.97 Å². The lowest BCUT2D eigenvalue weighted by Crippen LogP contribution is -2.27. The third kappa shape index (κ3) is 4.23. The molecule has 112 valence electrons. The number of benzene rings is 1. The minimum atomic E-state index is -3.04. The Balaban J connectivity index is 2.91. The molecule has 0 fully saturated rings. The van der Waals surface area contributed by atoms with E-state index in [9.17, 15) is 13.2 Å². The van der Waals surface area contributed by atoms with Crippen molar-refractivity contribution in [1.29, 1.82) is 0 Å². The van der Waals surface area contributed by atoms with Crippen LogP contribution in [-0.4, -0.2) is 39.0 Å². The first-order valence-electron chi connectivity index (χ1n) is 6.45. The normalized spacial score (nSPS) is 12.8. The summed E-state index contributed by atoms with van der Waals surface area (Å²) in [7, 11) is -1.71. The highest BCUT2D eigenvalue weighted by molar-refractivity contribution is 7.91. The lowest BCUT2D eigenvalue weighted by Gasteiger charge is -2.18. The molecule has 0 saturated heterocycles. The Bertz CT molecular complexity index is 581. The molecule has 1 aromatic carbocycles. The monoisotopic (exact) mass is 299 g/mol. The van der Waals surface area contributed by atoms with Gasteiger partial charge in [-0.05, 0) is 31.5 Å². The van der Waals surface area contributed by atoms with Crippen LogP contribution in [0.1, 0.15) is 29.8 Å². The average Bonchev–Trinajstić information content (AvgIpc) is 2.39. The molecule has 1 atom stereocenters. The van der Waals surface area contributed by atoms with Gasteiger partial charge in [0.05, 0.1) is 18.4 Å². The second-order valence-electron chi connectivity index (χ2n) is 4.71. The molecule has 0 aromatic heterocycles. The van der Waals surface area contributed by atoms with Crippen LogP contribution in [0.4, 0.5) is 5.69 Å². The molecule has 0 saturated carbocycles. The smallest absolute Gasteiger partial charge is 0.338 e. The zero-order valence-corrected chi connectivity index (χ0v) is 13.1. The number of carbonyl (C=O) groups is 1. The van der Waals surface area contributed by atoms with Crippen LogP contribution in [0.3, 0.4) is 0 Å². The Labute approximate surface area is 120 Å². The lowest BCUT2D eigenvalue weighted by atomic mass is 10.1. The van der Waals surface area contributed by atoms with E-state index in [4.69, 9.17) is 4.74 Å². The average molecular weight is 299 g/mol. The highest BCUT2D eigenvalue weighted by Crippen LogP contribution is 2.20. The first-order valence-corrected chi connectivity index (χ1v) is 8.27. The number of ether oxygens (including phenoxy) is 1. The van der Waals surface area contributed by atoms with Crippen LogP contribution < -0.4 is 5.32 Å². The number of anilines is 1. The first kappa shape index (κ1) is 16.5. The summed E-state index contributed by atoms with van der Waals surface area (Å²) in [5.74, 6) is -0.217.